The van der Waals surface area contributed by atoms with Gasteiger partial charge in [-0.25, -0.2) is 9.80 Å². The van der Waals surface area contributed by atoms with Crippen molar-refractivity contribution in [1.82, 2.24) is 15.6 Å². The molecule has 2 N–H and O–H groups in total. The van der Waals surface area contributed by atoms with Crippen LogP contribution in [-0.4, -0.2) is 55.0 Å². The van der Waals surface area contributed by atoms with Gasteiger partial charge in [0.05, 0.1) is 28.9 Å². The number of alkyl carbamates (subject to hydrolysis) is 1. The Morgan fingerprint density at radius 2 is 1.68 bits per heavy atom. The van der Waals surface area contributed by atoms with Gasteiger partial charge in [0.15, 0.2) is 0 Å². The number of ether oxygens (including phenoxy) is 1. The van der Waals surface area contributed by atoms with Crippen molar-refractivity contribution in [3.8, 4) is 0 Å². The number of amides is 3. The maximum atomic E-state index is 12.8. The molecule has 1 unspecified atom stereocenters. The number of rotatable bonds is 9. The second-order valence-electron chi connectivity index (χ2n) is 8.27. The summed E-state index contributed by atoms with van der Waals surface area (Å²) in [5.74, 6) is -0.950. The molecule has 0 spiro atoms. The highest BCUT2D eigenvalue weighted by molar-refractivity contribution is 6.42. The van der Waals surface area contributed by atoms with Gasteiger partial charge < -0.3 is 15.4 Å². The molecule has 2 rings (SSSR count). The summed E-state index contributed by atoms with van der Waals surface area (Å²) < 4.78 is 37.8. The lowest BCUT2D eigenvalue weighted by Gasteiger charge is -2.23. The summed E-state index contributed by atoms with van der Waals surface area (Å²) in [4.78, 5) is 36.5. The Kier molecular flexibility index (Phi) is 14.8. The Balaban J connectivity index is 0.00000101. The minimum absolute atomic E-state index is 0.0222. The molecule has 0 radical (unpaired) electrons. The SMILES string of the molecule is CCCC(F)(F)F.COC(=O)NCC(NC(=O)CN(/N=C(\C)c1ccc(Cl)cc1)C(C)=O)c1cccc(Cl)c1Cl. The third-order valence-corrected chi connectivity index (χ3v) is 6.14. The van der Waals surface area contributed by atoms with Gasteiger partial charge in [-0.15, -0.1) is 0 Å². The number of carbonyl (C=O) groups excluding carboxylic acids is 3. The number of methoxy groups -OCH3 is 1. The fraction of sp³-hybridized carbons (Fsp3) is 0.385. The molecule has 40 heavy (non-hydrogen) atoms. The van der Waals surface area contributed by atoms with Gasteiger partial charge in [-0.2, -0.15) is 18.3 Å². The highest BCUT2D eigenvalue weighted by Gasteiger charge is 2.24. The molecule has 1 atom stereocenters. The average Bonchev–Trinajstić information content (AvgIpc) is 2.87. The molecule has 8 nitrogen and oxygen atoms in total. The van der Waals surface area contributed by atoms with E-state index in [2.05, 4.69) is 20.5 Å². The Morgan fingerprint density at radius 3 is 2.17 bits per heavy atom. The molecule has 14 heteroatoms. The van der Waals surface area contributed by atoms with E-state index in [-0.39, 0.29) is 24.5 Å². The summed E-state index contributed by atoms with van der Waals surface area (Å²) in [6, 6.07) is 11.1. The quantitative estimate of drug-likeness (QED) is 0.237. The van der Waals surface area contributed by atoms with Gasteiger partial charge >= 0.3 is 12.3 Å². The van der Waals surface area contributed by atoms with Crippen LogP contribution in [0.1, 0.15) is 50.8 Å². The predicted octanol–water partition coefficient (Wildman–Crippen LogP) is 6.78. The first kappa shape index (κ1) is 35.0. The van der Waals surface area contributed by atoms with Crippen molar-refractivity contribution < 1.29 is 32.3 Å². The zero-order valence-electron chi connectivity index (χ0n) is 22.2. The van der Waals surface area contributed by atoms with Gasteiger partial charge in [0.25, 0.3) is 0 Å². The lowest BCUT2D eigenvalue weighted by molar-refractivity contribution is -0.134. The van der Waals surface area contributed by atoms with Crippen LogP contribution < -0.4 is 10.6 Å². The number of alkyl halides is 3. The van der Waals surface area contributed by atoms with E-state index in [1.54, 1.807) is 49.4 Å². The number of hydrogen-bond acceptors (Lipinski definition) is 5. The summed E-state index contributed by atoms with van der Waals surface area (Å²) >= 11 is 18.3. The number of carbonyl (C=O) groups is 3. The maximum absolute atomic E-state index is 12.8. The Bertz CT molecular complexity index is 1180. The summed E-state index contributed by atoms with van der Waals surface area (Å²) in [5, 5.41) is 11.7. The number of halogens is 6. The van der Waals surface area contributed by atoms with Crippen LogP contribution in [0.15, 0.2) is 47.6 Å². The molecule has 0 bridgehead atoms. The molecule has 0 heterocycles. The normalized spacial score (nSPS) is 12.0. The number of hydrogen-bond donors (Lipinski definition) is 2. The van der Waals surface area contributed by atoms with E-state index >= 15 is 0 Å². The molecule has 220 valence electrons. The van der Waals surface area contributed by atoms with E-state index in [0.29, 0.717) is 21.3 Å². The molecule has 0 aliphatic carbocycles. The Hall–Kier alpha value is -3.02. The van der Waals surface area contributed by atoms with Crippen LogP contribution in [0.3, 0.4) is 0 Å². The van der Waals surface area contributed by atoms with Crippen molar-refractivity contribution in [2.45, 2.75) is 45.8 Å². The number of benzene rings is 2. The van der Waals surface area contributed by atoms with Gasteiger partial charge in [0, 0.05) is 24.9 Å². The van der Waals surface area contributed by atoms with E-state index in [4.69, 9.17) is 34.8 Å². The molecular weight excluding hydrogens is 596 g/mol. The smallest absolute Gasteiger partial charge is 0.406 e. The van der Waals surface area contributed by atoms with E-state index in [1.807, 2.05) is 0 Å². The fourth-order valence-electron chi connectivity index (χ4n) is 3.09. The highest BCUT2D eigenvalue weighted by Crippen LogP contribution is 2.30. The van der Waals surface area contributed by atoms with Crippen LogP contribution in [0.25, 0.3) is 0 Å². The van der Waals surface area contributed by atoms with Crippen molar-refractivity contribution in [3.63, 3.8) is 0 Å². The number of nitrogens with zero attached hydrogens (tertiary/aromatic N) is 2. The summed E-state index contributed by atoms with van der Waals surface area (Å²) in [6.45, 7) is 4.15. The summed E-state index contributed by atoms with van der Waals surface area (Å²) in [6.07, 6.45) is -5.11. The van der Waals surface area contributed by atoms with Gasteiger partial charge in [-0.3, -0.25) is 9.59 Å². The standard InChI is InChI=1S/C22H23Cl3N4O4.C4H7F3/c1-13(15-7-9-16(23)10-8-15)28-29(14(2)30)12-20(31)27-19(11-26-22(32)33-3)17-5-4-6-18(24)21(17)25;1-2-3-4(5,6)7/h4-10,19H,11-12H2,1-3H3,(H,26,32)(H,27,31);2-3H2,1H3/b28-13+;. The topological polar surface area (TPSA) is 100 Å². The molecular formula is C26H30Cl3F3N4O4. The van der Waals surface area contributed by atoms with Crippen molar-refractivity contribution in [1.29, 1.82) is 0 Å². The van der Waals surface area contributed by atoms with Crippen LogP contribution in [0, 0.1) is 0 Å². The third kappa shape index (κ3) is 12.9. The molecule has 0 aliphatic rings. The molecule has 0 aromatic heterocycles. The number of hydrazone groups is 1. The van der Waals surface area contributed by atoms with Crippen LogP contribution >= 0.6 is 34.8 Å². The zero-order valence-corrected chi connectivity index (χ0v) is 24.5. The average molecular weight is 626 g/mol. The third-order valence-electron chi connectivity index (χ3n) is 5.05. The zero-order chi connectivity index (χ0) is 30.5. The van der Waals surface area contributed by atoms with Crippen molar-refractivity contribution in [2.75, 3.05) is 20.2 Å². The van der Waals surface area contributed by atoms with E-state index in [9.17, 15) is 27.6 Å². The van der Waals surface area contributed by atoms with Crippen molar-refractivity contribution in [3.05, 3.63) is 68.7 Å². The largest absolute Gasteiger partial charge is 0.453 e. The Labute approximate surface area is 245 Å². The monoisotopic (exact) mass is 624 g/mol. The minimum atomic E-state index is -3.95. The van der Waals surface area contributed by atoms with Crippen LogP contribution in [0.2, 0.25) is 15.1 Å². The first-order valence-corrected chi connectivity index (χ1v) is 13.0. The molecule has 3 amide bonds. The van der Waals surface area contributed by atoms with Crippen molar-refractivity contribution in [2.24, 2.45) is 5.10 Å². The van der Waals surface area contributed by atoms with Gasteiger partial charge in [-0.05, 0) is 42.7 Å². The molecule has 2 aromatic rings. The maximum Gasteiger partial charge on any atom is 0.406 e. The van der Waals surface area contributed by atoms with E-state index < -0.39 is 36.5 Å². The second kappa shape index (κ2) is 16.9. The Morgan fingerprint density at radius 1 is 1.05 bits per heavy atom. The lowest BCUT2D eigenvalue weighted by Crippen LogP contribution is -2.42. The van der Waals surface area contributed by atoms with E-state index in [0.717, 1.165) is 10.6 Å². The first-order chi connectivity index (χ1) is 18.7. The predicted molar refractivity (Wildman–Crippen MR) is 150 cm³/mol. The van der Waals surface area contributed by atoms with Crippen molar-refractivity contribution >= 4 is 58.4 Å². The first-order valence-electron chi connectivity index (χ1n) is 11.9. The van der Waals surface area contributed by atoms with Gasteiger partial charge in [-0.1, -0.05) is 66.0 Å². The number of nitrogens with one attached hydrogen (secondary N) is 2. The second-order valence-corrected chi connectivity index (χ2v) is 9.49. The fourth-order valence-corrected chi connectivity index (χ4v) is 3.66. The lowest BCUT2D eigenvalue weighted by atomic mass is 10.1. The molecule has 0 saturated carbocycles. The van der Waals surface area contributed by atoms with Gasteiger partial charge in [0.1, 0.15) is 6.54 Å². The van der Waals surface area contributed by atoms with E-state index in [1.165, 1.54) is 21.0 Å². The van der Waals surface area contributed by atoms with Crippen LogP contribution in [0.5, 0.6) is 0 Å². The molecule has 0 saturated heterocycles. The molecule has 0 aliphatic heterocycles. The highest BCUT2D eigenvalue weighted by atomic mass is 35.5. The summed E-state index contributed by atoms with van der Waals surface area (Å²) in [5.41, 5.74) is 1.76. The van der Waals surface area contributed by atoms with Gasteiger partial charge in [0.2, 0.25) is 11.8 Å². The molecule has 0 fully saturated rings. The minimum Gasteiger partial charge on any atom is -0.453 e. The summed E-state index contributed by atoms with van der Waals surface area (Å²) in [7, 11) is 1.22. The van der Waals surface area contributed by atoms with Crippen LogP contribution in [-0.2, 0) is 14.3 Å². The van der Waals surface area contributed by atoms with Crippen LogP contribution in [0.4, 0.5) is 18.0 Å². The molecule has 2 aromatic carbocycles.